The molecule has 1 aliphatic heterocycles. The zero-order valence-corrected chi connectivity index (χ0v) is 14.7. The molecule has 26 heavy (non-hydrogen) atoms. The maximum absolute atomic E-state index is 12.5. The fourth-order valence-corrected chi connectivity index (χ4v) is 3.15. The summed E-state index contributed by atoms with van der Waals surface area (Å²) in [6, 6.07) is 11.4. The lowest BCUT2D eigenvalue weighted by molar-refractivity contribution is -0.385. The van der Waals surface area contributed by atoms with E-state index < -0.39 is 10.8 Å². The molecule has 8 heteroatoms. The van der Waals surface area contributed by atoms with Crippen LogP contribution < -0.4 is 10.2 Å². The van der Waals surface area contributed by atoms with Gasteiger partial charge >= 0.3 is 0 Å². The molecule has 7 nitrogen and oxygen atoms in total. The van der Waals surface area contributed by atoms with Crippen molar-refractivity contribution in [3.05, 3.63) is 63.2 Å². The fraction of sp³-hybridized carbons (Fsp3) is 0.222. The number of amides is 2. The number of carbonyl (C=O) groups excluding carboxylic acids is 2. The van der Waals surface area contributed by atoms with E-state index in [1.54, 1.807) is 43.3 Å². The molecule has 2 aromatic carbocycles. The molecule has 1 fully saturated rings. The number of hydrogen-bond donors (Lipinski definition) is 1. The number of anilines is 2. The first-order chi connectivity index (χ1) is 12.4. The van der Waals surface area contributed by atoms with Crippen LogP contribution in [-0.4, -0.2) is 23.3 Å². The number of nitrogens with one attached hydrogen (secondary N) is 1. The van der Waals surface area contributed by atoms with Crippen LogP contribution in [0.25, 0.3) is 0 Å². The molecule has 1 saturated heterocycles. The molecular weight excluding hydrogens is 358 g/mol. The largest absolute Gasteiger partial charge is 0.326 e. The van der Waals surface area contributed by atoms with Crippen LogP contribution in [0.5, 0.6) is 0 Å². The van der Waals surface area contributed by atoms with E-state index in [1.807, 2.05) is 0 Å². The molecule has 1 N–H and O–H groups in total. The zero-order valence-electron chi connectivity index (χ0n) is 13.9. The van der Waals surface area contributed by atoms with Gasteiger partial charge in [-0.1, -0.05) is 29.8 Å². The van der Waals surface area contributed by atoms with Crippen molar-refractivity contribution in [2.75, 3.05) is 16.8 Å². The predicted molar refractivity (Wildman–Crippen MR) is 98.4 cm³/mol. The molecule has 0 aliphatic carbocycles. The maximum atomic E-state index is 12.5. The van der Waals surface area contributed by atoms with Crippen molar-refractivity contribution >= 4 is 40.5 Å². The van der Waals surface area contributed by atoms with Crippen LogP contribution in [0.4, 0.5) is 17.1 Å². The average Bonchev–Trinajstić information content (AvgIpc) is 2.98. The molecule has 1 aliphatic rings. The lowest BCUT2D eigenvalue weighted by Crippen LogP contribution is -2.28. The third-order valence-corrected chi connectivity index (χ3v) is 4.63. The summed E-state index contributed by atoms with van der Waals surface area (Å²) in [7, 11) is 0. The fourth-order valence-electron chi connectivity index (χ4n) is 2.91. The monoisotopic (exact) mass is 373 g/mol. The third kappa shape index (κ3) is 3.52. The van der Waals surface area contributed by atoms with Crippen molar-refractivity contribution in [1.82, 2.24) is 0 Å². The second-order valence-corrected chi connectivity index (χ2v) is 6.51. The number of nitro benzene ring substituents is 1. The molecule has 3 rings (SSSR count). The number of carbonyl (C=O) groups is 2. The Hall–Kier alpha value is -2.93. The van der Waals surface area contributed by atoms with Crippen molar-refractivity contribution in [2.24, 2.45) is 5.92 Å². The van der Waals surface area contributed by atoms with Crippen LogP contribution >= 0.6 is 11.6 Å². The van der Waals surface area contributed by atoms with Crippen LogP contribution in [0.15, 0.2) is 42.5 Å². The molecule has 0 aromatic heterocycles. The second-order valence-electron chi connectivity index (χ2n) is 6.10. The topological polar surface area (TPSA) is 92.6 Å². The highest BCUT2D eigenvalue weighted by molar-refractivity contribution is 6.33. The van der Waals surface area contributed by atoms with Gasteiger partial charge in [0.2, 0.25) is 11.8 Å². The lowest BCUT2D eigenvalue weighted by atomic mass is 10.1. The Labute approximate surface area is 154 Å². The van der Waals surface area contributed by atoms with Gasteiger partial charge in [0.25, 0.3) is 5.69 Å². The summed E-state index contributed by atoms with van der Waals surface area (Å²) in [5, 5.41) is 14.1. The smallest absolute Gasteiger partial charge is 0.274 e. The normalized spacial score (nSPS) is 16.6. The molecular formula is C18H16ClN3O4. The van der Waals surface area contributed by atoms with Gasteiger partial charge in [0.1, 0.15) is 0 Å². The van der Waals surface area contributed by atoms with E-state index in [9.17, 15) is 19.7 Å². The van der Waals surface area contributed by atoms with Gasteiger partial charge in [0.05, 0.1) is 21.6 Å². The van der Waals surface area contributed by atoms with E-state index in [0.29, 0.717) is 22.0 Å². The second kappa shape index (κ2) is 7.13. The Morgan fingerprint density at radius 3 is 2.73 bits per heavy atom. The number of nitro groups is 1. The number of benzene rings is 2. The average molecular weight is 374 g/mol. The van der Waals surface area contributed by atoms with Crippen molar-refractivity contribution in [2.45, 2.75) is 13.3 Å². The molecule has 134 valence electrons. The minimum atomic E-state index is -0.556. The standard InChI is InChI=1S/C18H16ClN3O4/c1-11-6-7-13(9-16(11)22(25)26)20-18(24)12-8-17(23)21(10-12)15-5-3-2-4-14(15)19/h2-7,9,12H,8,10H2,1H3,(H,20,24)/t12-/m1/s1. The molecule has 0 saturated carbocycles. The minimum absolute atomic E-state index is 0.0605. The van der Waals surface area contributed by atoms with Gasteiger partial charge in [-0.05, 0) is 25.1 Å². The van der Waals surface area contributed by atoms with Gasteiger partial charge in [0, 0.05) is 30.3 Å². The van der Waals surface area contributed by atoms with Gasteiger partial charge in [-0.2, -0.15) is 0 Å². The summed E-state index contributed by atoms with van der Waals surface area (Å²) < 4.78 is 0. The molecule has 2 aromatic rings. The molecule has 0 bridgehead atoms. The third-order valence-electron chi connectivity index (χ3n) is 4.31. The molecule has 1 atom stereocenters. The van der Waals surface area contributed by atoms with Crippen molar-refractivity contribution < 1.29 is 14.5 Å². The van der Waals surface area contributed by atoms with Crippen LogP contribution in [0.1, 0.15) is 12.0 Å². The predicted octanol–water partition coefficient (Wildman–Crippen LogP) is 3.55. The number of nitrogens with zero attached hydrogens (tertiary/aromatic N) is 2. The summed E-state index contributed by atoms with van der Waals surface area (Å²) in [5.41, 5.74) is 1.34. The highest BCUT2D eigenvalue weighted by Crippen LogP contribution is 2.31. The molecule has 0 unspecified atom stereocenters. The summed E-state index contributed by atoms with van der Waals surface area (Å²) in [4.78, 5) is 36.8. The SMILES string of the molecule is Cc1ccc(NC(=O)[C@@H]2CC(=O)N(c3ccccc3Cl)C2)cc1[N+](=O)[O-]. The maximum Gasteiger partial charge on any atom is 0.274 e. The van der Waals surface area contributed by atoms with Crippen LogP contribution in [0, 0.1) is 23.0 Å². The number of rotatable bonds is 4. The lowest BCUT2D eigenvalue weighted by Gasteiger charge is -2.18. The van der Waals surface area contributed by atoms with Crippen LogP contribution in [0.2, 0.25) is 5.02 Å². The Bertz CT molecular complexity index is 900. The van der Waals surface area contributed by atoms with E-state index in [4.69, 9.17) is 11.6 Å². The number of halogens is 1. The quantitative estimate of drug-likeness (QED) is 0.655. The van der Waals surface area contributed by atoms with E-state index in [1.165, 1.54) is 11.0 Å². The van der Waals surface area contributed by atoms with E-state index in [0.717, 1.165) is 0 Å². The van der Waals surface area contributed by atoms with Crippen molar-refractivity contribution in [1.29, 1.82) is 0 Å². The van der Waals surface area contributed by atoms with Crippen LogP contribution in [0.3, 0.4) is 0 Å². The Kier molecular flexibility index (Phi) is 4.90. The first-order valence-corrected chi connectivity index (χ1v) is 8.35. The van der Waals surface area contributed by atoms with Crippen molar-refractivity contribution in [3.63, 3.8) is 0 Å². The summed E-state index contributed by atoms with van der Waals surface area (Å²) in [6.07, 6.45) is 0.0605. The highest BCUT2D eigenvalue weighted by Gasteiger charge is 2.36. The van der Waals surface area contributed by atoms with Gasteiger partial charge in [-0.15, -0.1) is 0 Å². The van der Waals surface area contributed by atoms with Gasteiger partial charge in [0.15, 0.2) is 0 Å². The zero-order chi connectivity index (χ0) is 18.8. The Morgan fingerprint density at radius 2 is 2.04 bits per heavy atom. The number of hydrogen-bond acceptors (Lipinski definition) is 4. The van der Waals surface area contributed by atoms with Gasteiger partial charge < -0.3 is 10.2 Å². The van der Waals surface area contributed by atoms with E-state index >= 15 is 0 Å². The summed E-state index contributed by atoms with van der Waals surface area (Å²) in [5.74, 6) is -1.10. The molecule has 0 radical (unpaired) electrons. The van der Waals surface area contributed by atoms with Crippen molar-refractivity contribution in [3.8, 4) is 0 Å². The molecule has 1 heterocycles. The first kappa shape index (κ1) is 17.9. The minimum Gasteiger partial charge on any atom is -0.326 e. The summed E-state index contributed by atoms with van der Waals surface area (Å²) in [6.45, 7) is 1.84. The van der Waals surface area contributed by atoms with Gasteiger partial charge in [-0.3, -0.25) is 19.7 Å². The Balaban J connectivity index is 1.74. The molecule has 0 spiro atoms. The highest BCUT2D eigenvalue weighted by atomic mass is 35.5. The van der Waals surface area contributed by atoms with Gasteiger partial charge in [-0.25, -0.2) is 0 Å². The van der Waals surface area contributed by atoms with E-state index in [2.05, 4.69) is 5.32 Å². The molecule has 2 amide bonds. The van der Waals surface area contributed by atoms with Crippen LogP contribution in [-0.2, 0) is 9.59 Å². The van der Waals surface area contributed by atoms with E-state index in [-0.39, 0.29) is 30.5 Å². The summed E-state index contributed by atoms with van der Waals surface area (Å²) >= 11 is 6.13. The number of aryl methyl sites for hydroxylation is 1. The Morgan fingerprint density at radius 1 is 1.31 bits per heavy atom. The number of para-hydroxylation sites is 1. The first-order valence-electron chi connectivity index (χ1n) is 7.97.